The second-order valence-corrected chi connectivity index (χ2v) is 8.01. The van der Waals surface area contributed by atoms with Gasteiger partial charge in [0.25, 0.3) is 16.0 Å². The lowest BCUT2D eigenvalue weighted by molar-refractivity contribution is -0.137. The summed E-state index contributed by atoms with van der Waals surface area (Å²) in [6.07, 6.45) is -5.93. The third-order valence-electron chi connectivity index (χ3n) is 3.70. The highest BCUT2D eigenvalue weighted by Gasteiger charge is 2.31. The molecule has 0 bridgehead atoms. The Balaban J connectivity index is 2.19. The Bertz CT molecular complexity index is 949. The van der Waals surface area contributed by atoms with E-state index >= 15 is 0 Å². The van der Waals surface area contributed by atoms with Crippen molar-refractivity contribution in [3.05, 3.63) is 64.7 Å². The lowest BCUT2D eigenvalue weighted by Crippen LogP contribution is -2.33. The quantitative estimate of drug-likeness (QED) is 0.469. The lowest BCUT2D eigenvalue weighted by atomic mass is 10.1. The van der Waals surface area contributed by atoms with E-state index in [0.717, 1.165) is 18.2 Å². The smallest absolute Gasteiger partial charge is 0.416 e. The number of carbonyl (C=O) groups is 1. The summed E-state index contributed by atoms with van der Waals surface area (Å²) in [4.78, 5) is 12.5. The summed E-state index contributed by atoms with van der Waals surface area (Å²) in [6.45, 7) is -0.0886. The van der Waals surface area contributed by atoms with Gasteiger partial charge in [-0.1, -0.05) is 29.8 Å². The summed E-state index contributed by atoms with van der Waals surface area (Å²) in [7, 11) is -4.17. The third-order valence-corrected chi connectivity index (χ3v) is 4.76. The van der Waals surface area contributed by atoms with E-state index in [2.05, 4.69) is 5.32 Å². The Morgan fingerprint density at radius 3 is 2.41 bits per heavy atom. The standard InChI is InChI=1S/C18H17ClF3NO5S/c19-14-7-5-12(6-8-14)16(17(24)23-9-2-10-29(25,26)27)28-15-4-1-3-13(11-15)18(20,21)22/h1,3-8,11,16H,2,9-10H2,(H,23,24)(H,25,26,27). The van der Waals surface area contributed by atoms with Crippen LogP contribution in [0.25, 0.3) is 0 Å². The number of hydrogen-bond donors (Lipinski definition) is 2. The van der Waals surface area contributed by atoms with Crippen LogP contribution in [0.2, 0.25) is 5.02 Å². The molecular formula is C18H17ClF3NO5S. The fraction of sp³-hybridized carbons (Fsp3) is 0.278. The van der Waals surface area contributed by atoms with Gasteiger partial charge < -0.3 is 10.1 Å². The van der Waals surface area contributed by atoms with Crippen molar-refractivity contribution in [2.75, 3.05) is 12.3 Å². The summed E-state index contributed by atoms with van der Waals surface area (Å²) in [6, 6.07) is 10.0. The van der Waals surface area contributed by atoms with Gasteiger partial charge >= 0.3 is 6.18 Å². The van der Waals surface area contributed by atoms with Crippen molar-refractivity contribution in [1.29, 1.82) is 0 Å². The van der Waals surface area contributed by atoms with E-state index in [1.165, 1.54) is 30.3 Å². The fourth-order valence-electron chi connectivity index (χ4n) is 2.35. The molecule has 0 heterocycles. The fourth-order valence-corrected chi connectivity index (χ4v) is 2.99. The van der Waals surface area contributed by atoms with Gasteiger partial charge in [-0.25, -0.2) is 0 Å². The highest BCUT2D eigenvalue weighted by atomic mass is 35.5. The summed E-state index contributed by atoms with van der Waals surface area (Å²) in [5.74, 6) is -1.42. The Labute approximate surface area is 170 Å². The summed E-state index contributed by atoms with van der Waals surface area (Å²) in [5, 5.41) is 2.83. The van der Waals surface area contributed by atoms with Crippen molar-refractivity contribution in [3.63, 3.8) is 0 Å². The molecule has 1 unspecified atom stereocenters. The molecule has 6 nitrogen and oxygen atoms in total. The molecule has 0 aliphatic rings. The molecule has 0 aliphatic heterocycles. The summed E-state index contributed by atoms with van der Waals surface area (Å²) in [5.41, 5.74) is -0.600. The number of nitrogens with one attached hydrogen (secondary N) is 1. The first kappa shape index (κ1) is 23.0. The molecule has 1 amide bonds. The van der Waals surface area contributed by atoms with E-state index in [4.69, 9.17) is 20.9 Å². The average Bonchev–Trinajstić information content (AvgIpc) is 2.63. The molecule has 0 aliphatic carbocycles. The highest BCUT2D eigenvalue weighted by molar-refractivity contribution is 7.85. The van der Waals surface area contributed by atoms with E-state index in [9.17, 15) is 26.4 Å². The maximum Gasteiger partial charge on any atom is 0.416 e. The molecule has 29 heavy (non-hydrogen) atoms. The van der Waals surface area contributed by atoms with Crippen LogP contribution in [0.5, 0.6) is 5.75 Å². The minimum absolute atomic E-state index is 0.0541. The van der Waals surface area contributed by atoms with Crippen LogP contribution >= 0.6 is 11.6 Å². The Morgan fingerprint density at radius 2 is 1.83 bits per heavy atom. The number of halogens is 4. The largest absolute Gasteiger partial charge is 0.476 e. The van der Waals surface area contributed by atoms with Crippen LogP contribution in [0.15, 0.2) is 48.5 Å². The van der Waals surface area contributed by atoms with Crippen molar-refractivity contribution in [2.24, 2.45) is 0 Å². The van der Waals surface area contributed by atoms with Gasteiger partial charge in [0.05, 0.1) is 11.3 Å². The van der Waals surface area contributed by atoms with Gasteiger partial charge in [-0.15, -0.1) is 0 Å². The van der Waals surface area contributed by atoms with Gasteiger partial charge in [-0.2, -0.15) is 21.6 Å². The summed E-state index contributed by atoms with van der Waals surface area (Å²) < 4.78 is 74.4. The van der Waals surface area contributed by atoms with E-state index in [1.807, 2.05) is 0 Å². The number of rotatable bonds is 8. The van der Waals surface area contributed by atoms with Crippen molar-refractivity contribution in [1.82, 2.24) is 5.32 Å². The SMILES string of the molecule is O=C(NCCCS(=O)(=O)O)C(Oc1cccc(C(F)(F)F)c1)c1ccc(Cl)cc1. The highest BCUT2D eigenvalue weighted by Crippen LogP contribution is 2.32. The summed E-state index contributed by atoms with van der Waals surface area (Å²) >= 11 is 5.83. The Morgan fingerprint density at radius 1 is 1.17 bits per heavy atom. The molecule has 0 fully saturated rings. The third kappa shape index (κ3) is 7.56. The Hall–Kier alpha value is -2.30. The van der Waals surface area contributed by atoms with Gasteiger partial charge in [-0.3, -0.25) is 9.35 Å². The van der Waals surface area contributed by atoms with Crippen LogP contribution in [-0.4, -0.2) is 31.2 Å². The Kier molecular flexibility index (Phi) is 7.50. The minimum Gasteiger partial charge on any atom is -0.476 e. The van der Waals surface area contributed by atoms with Gasteiger partial charge in [0.2, 0.25) is 6.10 Å². The molecular weight excluding hydrogens is 435 g/mol. The molecule has 2 aromatic carbocycles. The van der Waals surface area contributed by atoms with Gasteiger partial charge in [0.1, 0.15) is 5.75 Å². The topological polar surface area (TPSA) is 92.7 Å². The van der Waals surface area contributed by atoms with E-state index in [0.29, 0.717) is 10.6 Å². The lowest BCUT2D eigenvalue weighted by Gasteiger charge is -2.20. The number of amides is 1. The van der Waals surface area contributed by atoms with E-state index < -0.39 is 39.6 Å². The number of alkyl halides is 3. The zero-order chi connectivity index (χ0) is 21.7. The van der Waals surface area contributed by atoms with Gasteiger partial charge in [0, 0.05) is 17.1 Å². The monoisotopic (exact) mass is 451 g/mol. The van der Waals surface area contributed by atoms with Crippen LogP contribution in [0.4, 0.5) is 13.2 Å². The zero-order valence-corrected chi connectivity index (χ0v) is 16.4. The molecule has 2 N–H and O–H groups in total. The van der Waals surface area contributed by atoms with Crippen molar-refractivity contribution >= 4 is 27.6 Å². The second-order valence-electron chi connectivity index (χ2n) is 6.01. The van der Waals surface area contributed by atoms with Crippen molar-refractivity contribution in [3.8, 4) is 5.75 Å². The maximum atomic E-state index is 12.9. The first-order valence-corrected chi connectivity index (χ1v) is 10.3. The van der Waals surface area contributed by atoms with Crippen LogP contribution in [0.1, 0.15) is 23.7 Å². The predicted octanol–water partition coefficient (Wildman–Crippen LogP) is 3.87. The number of hydrogen-bond acceptors (Lipinski definition) is 4. The van der Waals surface area contributed by atoms with Crippen LogP contribution in [0, 0.1) is 0 Å². The second kappa shape index (κ2) is 9.47. The van der Waals surface area contributed by atoms with E-state index in [-0.39, 0.29) is 18.7 Å². The van der Waals surface area contributed by atoms with Crippen molar-refractivity contribution in [2.45, 2.75) is 18.7 Å². The van der Waals surface area contributed by atoms with Crippen LogP contribution < -0.4 is 10.1 Å². The molecule has 0 saturated heterocycles. The first-order valence-electron chi connectivity index (χ1n) is 8.28. The normalized spacial score (nSPS) is 13.0. The van der Waals surface area contributed by atoms with Crippen LogP contribution in [0.3, 0.4) is 0 Å². The van der Waals surface area contributed by atoms with Gasteiger partial charge in [-0.05, 0) is 36.8 Å². The molecule has 0 saturated carbocycles. The van der Waals surface area contributed by atoms with Crippen molar-refractivity contribution < 1.29 is 35.7 Å². The molecule has 1 atom stereocenters. The molecule has 158 valence electrons. The van der Waals surface area contributed by atoms with Gasteiger partial charge in [0.15, 0.2) is 0 Å². The maximum absolute atomic E-state index is 12.9. The van der Waals surface area contributed by atoms with Crippen LogP contribution in [-0.2, 0) is 21.1 Å². The predicted molar refractivity (Wildman–Crippen MR) is 100 cm³/mol. The van der Waals surface area contributed by atoms with E-state index in [1.54, 1.807) is 0 Å². The number of benzene rings is 2. The first-order chi connectivity index (χ1) is 13.5. The average molecular weight is 452 g/mol. The number of carbonyl (C=O) groups excluding carboxylic acids is 1. The molecule has 2 aromatic rings. The molecule has 11 heteroatoms. The molecule has 2 rings (SSSR count). The number of ether oxygens (including phenoxy) is 1. The molecule has 0 spiro atoms. The molecule has 0 aromatic heterocycles. The molecule has 0 radical (unpaired) electrons. The zero-order valence-electron chi connectivity index (χ0n) is 14.8. The minimum atomic E-state index is -4.58.